The molecule has 0 bridgehead atoms. The van der Waals surface area contributed by atoms with Gasteiger partial charge < -0.3 is 9.47 Å². The van der Waals surface area contributed by atoms with Crippen molar-refractivity contribution in [3.8, 4) is 17.6 Å². The van der Waals surface area contributed by atoms with Gasteiger partial charge in [0.05, 0.1) is 7.11 Å². The Morgan fingerprint density at radius 3 is 2.00 bits per heavy atom. The Balaban J connectivity index is -0.000000231. The van der Waals surface area contributed by atoms with Crippen LogP contribution < -0.4 is 4.74 Å². The van der Waals surface area contributed by atoms with Gasteiger partial charge in [0.1, 0.15) is 5.75 Å². The van der Waals surface area contributed by atoms with E-state index >= 15 is 0 Å². The van der Waals surface area contributed by atoms with Gasteiger partial charge in [-0.25, -0.2) is 0 Å². The van der Waals surface area contributed by atoms with Crippen LogP contribution in [-0.2, 0) is 40.8 Å². The summed E-state index contributed by atoms with van der Waals surface area (Å²) >= 11 is 0. The summed E-state index contributed by atoms with van der Waals surface area (Å²) in [6.45, 7) is 16.6. The second kappa shape index (κ2) is 22.1. The molecule has 0 unspecified atom stereocenters. The van der Waals surface area contributed by atoms with Crippen LogP contribution in [0.3, 0.4) is 0 Å². The zero-order valence-electron chi connectivity index (χ0n) is 12.7. The van der Waals surface area contributed by atoms with Gasteiger partial charge in [-0.15, -0.1) is 5.92 Å². The molecule has 6 nitrogen and oxygen atoms in total. The minimum atomic E-state index is -0.571. The molecule has 0 aromatic heterocycles. The molecule has 0 fully saturated rings. The van der Waals surface area contributed by atoms with Crippen LogP contribution in [0.15, 0.2) is 24.3 Å². The molecule has 7 heteroatoms. The summed E-state index contributed by atoms with van der Waals surface area (Å²) in [7, 11) is 1.57. The quantitative estimate of drug-likeness (QED) is 0.360. The van der Waals surface area contributed by atoms with Gasteiger partial charge in [-0.1, -0.05) is 24.1 Å². The van der Waals surface area contributed by atoms with E-state index in [0.29, 0.717) is 5.75 Å². The first-order valence-corrected chi connectivity index (χ1v) is 5.52. The molecule has 0 aliphatic rings. The molecule has 0 aliphatic heterocycles. The summed E-state index contributed by atoms with van der Waals surface area (Å²) in [4.78, 5) is 11.0. The van der Waals surface area contributed by atoms with E-state index in [0.717, 1.165) is 5.56 Å². The number of carbonyl (C=O) groups is 1. The number of methoxy groups -OCH3 is 1. The summed E-state index contributed by atoms with van der Waals surface area (Å²) in [5, 5.41) is 0. The molecule has 0 radical (unpaired) electrons. The van der Waals surface area contributed by atoms with Crippen molar-refractivity contribution in [1.29, 1.82) is 0 Å². The Labute approximate surface area is 146 Å². The Hall–Kier alpha value is -2.20. The predicted molar refractivity (Wildman–Crippen MR) is 72.7 cm³/mol. The average molecular weight is 354 g/mol. The molecule has 120 valence electrons. The largest absolute Gasteiger partial charge is 0 e. The van der Waals surface area contributed by atoms with Gasteiger partial charge in [-0.3, -0.25) is 4.79 Å². The van der Waals surface area contributed by atoms with Gasteiger partial charge in [0.15, 0.2) is 6.10 Å². The van der Waals surface area contributed by atoms with Crippen LogP contribution in [0.25, 0.3) is 0 Å². The first kappa shape index (κ1) is 28.9. The van der Waals surface area contributed by atoms with Crippen molar-refractivity contribution in [3.63, 3.8) is 0 Å². The van der Waals surface area contributed by atoms with Crippen LogP contribution in [0.1, 0.15) is 25.5 Å². The molecule has 1 atom stereocenters. The Morgan fingerprint density at radius 2 is 1.61 bits per heavy atom. The summed E-state index contributed by atoms with van der Waals surface area (Å²) < 4.78 is 32.8. The topological polar surface area (TPSA) is 95.2 Å². The summed E-state index contributed by atoms with van der Waals surface area (Å²) in [6.07, 6.45) is -0.571. The molecule has 0 saturated heterocycles. The van der Waals surface area contributed by atoms with Crippen molar-refractivity contribution in [1.82, 2.24) is 0 Å². The number of hydrogen-bond donors (Lipinski definition) is 0. The average Bonchev–Trinajstić information content (AvgIpc) is 2.59. The predicted octanol–water partition coefficient (Wildman–Crippen LogP) is 2.21. The van der Waals surface area contributed by atoms with Crippen molar-refractivity contribution < 1.29 is 45.6 Å². The number of hydrogen-bond acceptors (Lipinski definition) is 3. The maximum atomic E-state index is 11.0. The van der Waals surface area contributed by atoms with E-state index in [1.165, 1.54) is 6.92 Å². The number of benzene rings is 1. The zero-order valence-corrected chi connectivity index (χ0v) is 14.0. The zero-order chi connectivity index (χ0) is 18.0. The first-order valence-electron chi connectivity index (χ1n) is 5.52. The van der Waals surface area contributed by atoms with Gasteiger partial charge >= 0.3 is 39.9 Å². The summed E-state index contributed by atoms with van der Waals surface area (Å²) in [5.74, 6) is 5.87. The summed E-state index contributed by atoms with van der Waals surface area (Å²) in [6, 6.07) is 7.35. The van der Waals surface area contributed by atoms with E-state index in [-0.39, 0.29) is 23.3 Å². The Kier molecular flexibility index (Phi) is 27.8. The van der Waals surface area contributed by atoms with Gasteiger partial charge in [0, 0.05) is 29.8 Å². The molecule has 1 rings (SSSR count). The second-order valence-corrected chi connectivity index (χ2v) is 3.13. The van der Waals surface area contributed by atoms with Gasteiger partial charge in [-0.05, 0) is 13.0 Å². The monoisotopic (exact) mass is 354 g/mol. The third kappa shape index (κ3) is 13.2. The number of esters is 1. The Morgan fingerprint density at radius 1 is 1.13 bits per heavy atom. The SMILES string of the molecule is CC#C[C@H](OC(C)=O)c1ccccc1OC.[C-]#[O+].[C-]#[O+].[C-]#[O+].[Cr]. The smallest absolute Gasteiger partial charge is 0 e. The van der Waals surface area contributed by atoms with E-state index in [1.54, 1.807) is 14.0 Å². The molecule has 0 saturated carbocycles. The number of ether oxygens (including phenoxy) is 2. The van der Waals surface area contributed by atoms with E-state index in [2.05, 4.69) is 31.8 Å². The summed E-state index contributed by atoms with van der Waals surface area (Å²) in [5.41, 5.74) is 0.759. The van der Waals surface area contributed by atoms with E-state index in [4.69, 9.17) is 23.4 Å². The van der Waals surface area contributed by atoms with E-state index < -0.39 is 6.10 Å². The number of carbonyl (C=O) groups excluding carboxylic acids is 1. The normalized spacial score (nSPS) is 7.87. The van der Waals surface area contributed by atoms with Crippen LogP contribution in [0, 0.1) is 31.8 Å². The fourth-order valence-corrected chi connectivity index (χ4v) is 1.35. The van der Waals surface area contributed by atoms with Crippen molar-refractivity contribution >= 4 is 5.97 Å². The number of para-hydroxylation sites is 1. The van der Waals surface area contributed by atoms with Crippen LogP contribution in [-0.4, -0.2) is 13.1 Å². The van der Waals surface area contributed by atoms with Crippen molar-refractivity contribution in [3.05, 3.63) is 49.8 Å². The molecule has 1 aromatic rings. The minimum absolute atomic E-state index is 0. The maximum Gasteiger partial charge on any atom is 0 e. The standard InChI is InChI=1S/C13H14O3.3CO.Cr/c1-4-7-13(16-10(2)14)11-8-5-6-9-12(11)15-3;3*1-2;/h5-6,8-9,13H,1-3H3;;;;/t13-;;;;/m0..../s1. The van der Waals surface area contributed by atoms with Crippen LogP contribution in [0.5, 0.6) is 5.75 Å². The molecule has 0 amide bonds. The molecule has 0 aliphatic carbocycles. The molecular formula is C16H14CrO6. The van der Waals surface area contributed by atoms with Crippen LogP contribution in [0.4, 0.5) is 0 Å². The molecule has 1 aromatic carbocycles. The molecule has 0 N–H and O–H groups in total. The minimum Gasteiger partial charge on any atom is 0 e. The third-order valence-electron chi connectivity index (χ3n) is 1.98. The maximum absolute atomic E-state index is 11.0. The van der Waals surface area contributed by atoms with Crippen LogP contribution in [0.2, 0.25) is 0 Å². The van der Waals surface area contributed by atoms with Crippen molar-refractivity contribution in [2.75, 3.05) is 7.11 Å². The van der Waals surface area contributed by atoms with E-state index in [1.807, 2.05) is 24.3 Å². The molecule has 0 spiro atoms. The molecule has 23 heavy (non-hydrogen) atoms. The first-order chi connectivity index (χ1) is 10.7. The number of rotatable bonds is 3. The molecule has 0 heterocycles. The van der Waals surface area contributed by atoms with Crippen LogP contribution >= 0.6 is 0 Å². The van der Waals surface area contributed by atoms with Gasteiger partial charge in [0.2, 0.25) is 0 Å². The van der Waals surface area contributed by atoms with E-state index in [9.17, 15) is 4.79 Å². The van der Waals surface area contributed by atoms with Crippen molar-refractivity contribution in [2.45, 2.75) is 20.0 Å². The Bertz CT molecular complexity index is 537. The van der Waals surface area contributed by atoms with Gasteiger partial charge in [-0.2, -0.15) is 0 Å². The fraction of sp³-hybridized carbons (Fsp3) is 0.250. The molecular weight excluding hydrogens is 340 g/mol. The van der Waals surface area contributed by atoms with Crippen molar-refractivity contribution in [2.24, 2.45) is 0 Å². The fourth-order valence-electron chi connectivity index (χ4n) is 1.35. The second-order valence-electron chi connectivity index (χ2n) is 3.13. The third-order valence-corrected chi connectivity index (χ3v) is 1.98. The van der Waals surface area contributed by atoms with Gasteiger partial charge in [0.25, 0.3) is 0 Å².